The lowest BCUT2D eigenvalue weighted by Gasteiger charge is -2.29. The molecule has 0 N–H and O–H groups in total. The maximum Gasteiger partial charge on any atom is 0.0629 e. The molecule has 9 aromatic carbocycles. The summed E-state index contributed by atoms with van der Waals surface area (Å²) >= 11 is 0. The van der Waals surface area contributed by atoms with Gasteiger partial charge in [-0.1, -0.05) is 175 Å². The predicted molar refractivity (Wildman–Crippen MR) is 304 cm³/mol. The van der Waals surface area contributed by atoms with Gasteiger partial charge in [0.25, 0.3) is 0 Å². The number of hydrogen-bond acceptors (Lipinski definition) is 1. The summed E-state index contributed by atoms with van der Waals surface area (Å²) in [4.78, 5) is 2.59. The van der Waals surface area contributed by atoms with E-state index in [2.05, 4.69) is 261 Å². The highest BCUT2D eigenvalue weighted by Gasteiger charge is 2.37. The normalized spacial score (nSPS) is 16.5. The van der Waals surface area contributed by atoms with Crippen molar-refractivity contribution in [1.82, 2.24) is 13.7 Å². The number of benzene rings is 9. The van der Waals surface area contributed by atoms with Gasteiger partial charge < -0.3 is 18.6 Å². The Morgan fingerprint density at radius 1 is 0.333 bits per heavy atom. The molecule has 3 aromatic heterocycles. The molecule has 72 heavy (non-hydrogen) atoms. The molecular formula is C68H50N4. The molecule has 0 bridgehead atoms. The van der Waals surface area contributed by atoms with Gasteiger partial charge in [-0.15, -0.1) is 0 Å². The van der Waals surface area contributed by atoms with Gasteiger partial charge in [0, 0.05) is 66.7 Å². The molecule has 12 aromatic rings. The molecule has 0 amide bonds. The molecule has 2 aliphatic carbocycles. The molecule has 0 saturated heterocycles. The third kappa shape index (κ3) is 6.45. The van der Waals surface area contributed by atoms with Crippen LogP contribution in [0.15, 0.2) is 242 Å². The highest BCUT2D eigenvalue weighted by molar-refractivity contribution is 6.11. The summed E-state index contributed by atoms with van der Waals surface area (Å²) in [5.41, 5.74) is 20.2. The van der Waals surface area contributed by atoms with E-state index in [9.17, 15) is 0 Å². The maximum atomic E-state index is 2.59. The number of para-hydroxylation sites is 7. The van der Waals surface area contributed by atoms with Gasteiger partial charge in [-0.05, 0) is 121 Å². The lowest BCUT2D eigenvalue weighted by Crippen LogP contribution is -2.28. The predicted octanol–water partition coefficient (Wildman–Crippen LogP) is 17.7. The second-order valence-corrected chi connectivity index (χ2v) is 20.0. The van der Waals surface area contributed by atoms with Crippen molar-refractivity contribution in [2.75, 3.05) is 4.90 Å². The molecule has 1 aliphatic heterocycles. The average Bonchev–Trinajstić information content (AvgIpc) is 4.17. The van der Waals surface area contributed by atoms with Crippen LogP contribution in [0.1, 0.15) is 48.3 Å². The largest absolute Gasteiger partial charge is 0.333 e. The first-order valence-corrected chi connectivity index (χ1v) is 25.6. The van der Waals surface area contributed by atoms with Crippen LogP contribution in [-0.4, -0.2) is 19.7 Å². The van der Waals surface area contributed by atoms with E-state index in [1.807, 2.05) is 0 Å². The van der Waals surface area contributed by atoms with Gasteiger partial charge in [-0.25, -0.2) is 0 Å². The van der Waals surface area contributed by atoms with Crippen molar-refractivity contribution in [2.24, 2.45) is 0 Å². The second-order valence-electron chi connectivity index (χ2n) is 20.0. The third-order valence-corrected chi connectivity index (χ3v) is 15.9. The summed E-state index contributed by atoms with van der Waals surface area (Å²) < 4.78 is 7.42. The number of nitrogens with zero attached hydrogens (tertiary/aromatic N) is 4. The maximum absolute atomic E-state index is 2.59. The molecule has 2 atom stereocenters. The van der Waals surface area contributed by atoms with Crippen molar-refractivity contribution < 1.29 is 0 Å². The Balaban J connectivity index is 0.838. The standard InChI is InChI=1S/C68H50N4/c1-9-25-61-53(17-1)54-18-2-10-26-62(54)69(61)49-39-47(40-50(43-49)70-63-27-11-3-19-55(63)56-20-4-12-28-64(56)70)37-45-33-35-46(36-34-45)38-48-41-51(71-65-29-13-5-21-57(65)58-22-6-14-30-66(58)71)44-52(42-48)72-67-31-15-7-23-59(67)60-24-8-16-32-68(60)72/h1-32,37-44,53,61H,33-36H2. The molecule has 2 unspecified atom stereocenters. The Kier molecular flexibility index (Phi) is 9.31. The van der Waals surface area contributed by atoms with Crippen LogP contribution in [0.5, 0.6) is 0 Å². The Hall–Kier alpha value is -8.86. The van der Waals surface area contributed by atoms with Crippen LogP contribution in [0.2, 0.25) is 0 Å². The Morgan fingerprint density at radius 3 is 1.08 bits per heavy atom. The zero-order valence-electron chi connectivity index (χ0n) is 39.9. The molecular weight excluding hydrogens is 873 g/mol. The summed E-state index contributed by atoms with van der Waals surface area (Å²) in [6.07, 6.45) is 18.3. The van der Waals surface area contributed by atoms with Gasteiger partial charge in [0.05, 0.1) is 39.1 Å². The van der Waals surface area contributed by atoms with Gasteiger partial charge in [0.15, 0.2) is 0 Å². The van der Waals surface area contributed by atoms with Crippen molar-refractivity contribution in [2.45, 2.75) is 37.6 Å². The van der Waals surface area contributed by atoms with Gasteiger partial charge in [0.1, 0.15) is 0 Å². The zero-order chi connectivity index (χ0) is 47.3. The Labute approximate surface area is 418 Å². The highest BCUT2D eigenvalue weighted by Crippen LogP contribution is 2.49. The van der Waals surface area contributed by atoms with Crippen LogP contribution < -0.4 is 4.90 Å². The summed E-state index contributed by atoms with van der Waals surface area (Å²) in [5, 5.41) is 7.64. The van der Waals surface area contributed by atoms with Crippen molar-refractivity contribution in [1.29, 1.82) is 0 Å². The first-order valence-electron chi connectivity index (χ1n) is 25.6. The van der Waals surface area contributed by atoms with Crippen molar-refractivity contribution in [3.63, 3.8) is 0 Å². The lowest BCUT2D eigenvalue weighted by molar-refractivity contribution is 0.739. The number of rotatable bonds is 6. The fourth-order valence-corrected chi connectivity index (χ4v) is 12.8. The second kappa shape index (κ2) is 16.4. The first-order chi connectivity index (χ1) is 35.7. The minimum atomic E-state index is 0.215. The van der Waals surface area contributed by atoms with E-state index in [4.69, 9.17) is 0 Å². The molecule has 1 fully saturated rings. The number of aromatic nitrogens is 3. The molecule has 4 heteroatoms. The van der Waals surface area contributed by atoms with Crippen LogP contribution in [0, 0.1) is 0 Å². The van der Waals surface area contributed by atoms with E-state index in [1.165, 1.54) is 122 Å². The Bertz CT molecular complexity index is 4010. The van der Waals surface area contributed by atoms with Crippen molar-refractivity contribution >= 4 is 88.9 Å². The van der Waals surface area contributed by atoms with Crippen LogP contribution in [-0.2, 0) is 0 Å². The monoisotopic (exact) mass is 922 g/mol. The molecule has 4 heterocycles. The molecule has 15 rings (SSSR count). The number of allylic oxidation sites excluding steroid dienone is 4. The number of anilines is 2. The summed E-state index contributed by atoms with van der Waals surface area (Å²) in [7, 11) is 0. The fourth-order valence-electron chi connectivity index (χ4n) is 12.8. The summed E-state index contributed by atoms with van der Waals surface area (Å²) in [6.45, 7) is 0. The van der Waals surface area contributed by atoms with Gasteiger partial charge >= 0.3 is 0 Å². The van der Waals surface area contributed by atoms with Crippen LogP contribution in [0.4, 0.5) is 11.4 Å². The van der Waals surface area contributed by atoms with E-state index in [0.29, 0.717) is 5.92 Å². The third-order valence-electron chi connectivity index (χ3n) is 15.9. The van der Waals surface area contributed by atoms with Crippen LogP contribution in [0.3, 0.4) is 0 Å². The van der Waals surface area contributed by atoms with E-state index >= 15 is 0 Å². The Morgan fingerprint density at radius 2 is 0.667 bits per heavy atom. The molecule has 342 valence electrons. The fraction of sp³-hybridized carbons (Fsp3) is 0.0882. The van der Waals surface area contributed by atoms with Crippen molar-refractivity contribution in [3.05, 3.63) is 258 Å². The molecule has 1 saturated carbocycles. The van der Waals surface area contributed by atoms with E-state index < -0.39 is 0 Å². The first kappa shape index (κ1) is 41.0. The van der Waals surface area contributed by atoms with E-state index in [0.717, 1.165) is 25.7 Å². The van der Waals surface area contributed by atoms with E-state index in [-0.39, 0.29) is 6.04 Å². The van der Waals surface area contributed by atoms with Crippen LogP contribution >= 0.6 is 0 Å². The van der Waals surface area contributed by atoms with Gasteiger partial charge in [-0.2, -0.15) is 0 Å². The smallest absolute Gasteiger partial charge is 0.0629 e. The molecule has 0 radical (unpaired) electrons. The minimum Gasteiger partial charge on any atom is -0.333 e. The highest BCUT2D eigenvalue weighted by atomic mass is 15.2. The molecule has 3 aliphatic rings. The average molecular weight is 923 g/mol. The molecule has 0 spiro atoms. The SMILES string of the molecule is C1=CC2c3ccccc3N(c3cc(C=C4CCC(=Cc5cc(-n6c7ccccc7c7ccccc76)cc(-n6c7ccccc7c7ccccc76)c5)CC4)cc(-n4c5ccccc5c5ccccc54)c3)C2C=C1. The van der Waals surface area contributed by atoms with Gasteiger partial charge in [0.2, 0.25) is 0 Å². The van der Waals surface area contributed by atoms with Crippen LogP contribution in [0.25, 0.3) is 94.6 Å². The molecule has 4 nitrogen and oxygen atoms in total. The minimum absolute atomic E-state index is 0.215. The quantitative estimate of drug-likeness (QED) is 0.162. The van der Waals surface area contributed by atoms with Crippen molar-refractivity contribution in [3.8, 4) is 17.1 Å². The zero-order valence-corrected chi connectivity index (χ0v) is 39.9. The summed E-state index contributed by atoms with van der Waals surface area (Å²) in [6, 6.07) is 76.9. The lowest BCUT2D eigenvalue weighted by atomic mass is 9.88. The topological polar surface area (TPSA) is 18.0 Å². The number of hydrogen-bond donors (Lipinski definition) is 0. The summed E-state index contributed by atoms with van der Waals surface area (Å²) in [5.74, 6) is 0.314. The van der Waals surface area contributed by atoms with E-state index in [1.54, 1.807) is 0 Å². The van der Waals surface area contributed by atoms with Gasteiger partial charge in [-0.3, -0.25) is 0 Å². The number of fused-ring (bicyclic) bond motifs is 12.